The Balaban J connectivity index is 1.82. The smallest absolute Gasteiger partial charge is 0.141 e. The van der Waals surface area contributed by atoms with Gasteiger partial charge in [-0.2, -0.15) is 0 Å². The van der Waals surface area contributed by atoms with Crippen molar-refractivity contribution in [2.24, 2.45) is 0 Å². The zero-order chi connectivity index (χ0) is 14.5. The fraction of sp³-hybridized carbons (Fsp3) is 0.111. The predicted molar refractivity (Wildman–Crippen MR) is 83.2 cm³/mol. The molecule has 0 aliphatic rings. The van der Waals surface area contributed by atoms with Crippen molar-refractivity contribution in [3.05, 3.63) is 94.9 Å². The minimum atomic E-state index is -0.238. The van der Waals surface area contributed by atoms with Gasteiger partial charge in [-0.1, -0.05) is 60.1 Å². The van der Waals surface area contributed by atoms with Gasteiger partial charge < -0.3 is 9.15 Å². The van der Waals surface area contributed by atoms with E-state index in [0.29, 0.717) is 11.6 Å². The van der Waals surface area contributed by atoms with Crippen LogP contribution in [0.2, 0.25) is 5.02 Å². The van der Waals surface area contributed by atoms with Gasteiger partial charge in [0.2, 0.25) is 0 Å². The lowest BCUT2D eigenvalue weighted by atomic mass is 10.1. The Bertz CT molecular complexity index is 677. The van der Waals surface area contributed by atoms with E-state index in [0.717, 1.165) is 16.9 Å². The Morgan fingerprint density at radius 1 is 0.905 bits per heavy atom. The molecule has 1 unspecified atom stereocenters. The van der Waals surface area contributed by atoms with Crippen molar-refractivity contribution in [1.82, 2.24) is 0 Å². The first-order valence-electron chi connectivity index (χ1n) is 6.78. The molecule has 0 N–H and O–H groups in total. The summed E-state index contributed by atoms with van der Waals surface area (Å²) in [6.45, 7) is 0.430. The molecule has 3 rings (SSSR count). The van der Waals surface area contributed by atoms with Gasteiger partial charge in [0, 0.05) is 5.02 Å². The summed E-state index contributed by atoms with van der Waals surface area (Å²) in [4.78, 5) is 0. The number of ether oxygens (including phenoxy) is 1. The second-order valence-electron chi connectivity index (χ2n) is 4.71. The maximum atomic E-state index is 6.18. The molecule has 0 fully saturated rings. The van der Waals surface area contributed by atoms with E-state index in [1.165, 1.54) is 0 Å². The van der Waals surface area contributed by atoms with Crippen molar-refractivity contribution in [1.29, 1.82) is 0 Å². The Morgan fingerprint density at radius 3 is 2.38 bits per heavy atom. The maximum Gasteiger partial charge on any atom is 0.141 e. The first kappa shape index (κ1) is 13.9. The summed E-state index contributed by atoms with van der Waals surface area (Å²) < 4.78 is 11.6. The topological polar surface area (TPSA) is 22.4 Å². The zero-order valence-corrected chi connectivity index (χ0v) is 12.2. The van der Waals surface area contributed by atoms with Crippen molar-refractivity contribution in [3.8, 4) is 0 Å². The van der Waals surface area contributed by atoms with Crippen LogP contribution in [0.3, 0.4) is 0 Å². The largest absolute Gasteiger partial charge is 0.466 e. The number of hydrogen-bond donors (Lipinski definition) is 0. The molecule has 3 heteroatoms. The van der Waals surface area contributed by atoms with Crippen LogP contribution in [0.5, 0.6) is 0 Å². The van der Waals surface area contributed by atoms with E-state index in [1.807, 2.05) is 66.7 Å². The molecule has 0 radical (unpaired) electrons. The molecule has 1 atom stereocenters. The van der Waals surface area contributed by atoms with Gasteiger partial charge >= 0.3 is 0 Å². The lowest BCUT2D eigenvalue weighted by Crippen LogP contribution is -2.05. The van der Waals surface area contributed by atoms with E-state index in [1.54, 1.807) is 6.26 Å². The summed E-state index contributed by atoms with van der Waals surface area (Å²) in [6, 6.07) is 21.5. The predicted octanol–water partition coefficient (Wildman–Crippen LogP) is 5.24. The van der Waals surface area contributed by atoms with E-state index >= 15 is 0 Å². The van der Waals surface area contributed by atoms with Crippen LogP contribution in [0.1, 0.15) is 23.0 Å². The van der Waals surface area contributed by atoms with Crippen LogP contribution >= 0.6 is 11.6 Å². The Labute approximate surface area is 128 Å². The van der Waals surface area contributed by atoms with E-state index in [9.17, 15) is 0 Å². The van der Waals surface area contributed by atoms with Crippen molar-refractivity contribution in [2.45, 2.75) is 12.7 Å². The Hall–Kier alpha value is -2.03. The van der Waals surface area contributed by atoms with Gasteiger partial charge in [0.1, 0.15) is 11.9 Å². The molecule has 2 nitrogen and oxygen atoms in total. The zero-order valence-electron chi connectivity index (χ0n) is 11.4. The molecule has 0 aliphatic carbocycles. The number of benzene rings is 2. The normalized spacial score (nSPS) is 12.2. The Morgan fingerprint density at radius 2 is 1.67 bits per heavy atom. The van der Waals surface area contributed by atoms with Crippen molar-refractivity contribution in [2.75, 3.05) is 0 Å². The van der Waals surface area contributed by atoms with Gasteiger partial charge in [0.05, 0.1) is 12.9 Å². The Kier molecular flexibility index (Phi) is 4.39. The molecular weight excluding hydrogens is 284 g/mol. The highest BCUT2D eigenvalue weighted by Gasteiger charge is 2.17. The molecule has 0 aliphatic heterocycles. The average Bonchev–Trinajstić information content (AvgIpc) is 3.04. The van der Waals surface area contributed by atoms with Crippen molar-refractivity contribution < 1.29 is 9.15 Å². The third-order valence-corrected chi connectivity index (χ3v) is 3.64. The third-order valence-electron chi connectivity index (χ3n) is 3.27. The van der Waals surface area contributed by atoms with Crippen LogP contribution in [0.4, 0.5) is 0 Å². The number of halogens is 1. The fourth-order valence-electron chi connectivity index (χ4n) is 2.20. The quantitative estimate of drug-likeness (QED) is 0.643. The molecule has 0 saturated heterocycles. The highest BCUT2D eigenvalue weighted by molar-refractivity contribution is 6.31. The van der Waals surface area contributed by atoms with E-state index in [-0.39, 0.29) is 6.10 Å². The lowest BCUT2D eigenvalue weighted by molar-refractivity contribution is 0.0525. The summed E-state index contributed by atoms with van der Waals surface area (Å²) in [6.07, 6.45) is 1.42. The van der Waals surface area contributed by atoms with Gasteiger partial charge in [-0.3, -0.25) is 0 Å². The van der Waals surface area contributed by atoms with Crippen LogP contribution in [0.25, 0.3) is 0 Å². The number of furan rings is 1. The van der Waals surface area contributed by atoms with Gasteiger partial charge in [-0.15, -0.1) is 0 Å². The molecular formula is C18H15ClO2. The SMILES string of the molecule is Clc1ccccc1COC(c1ccccc1)c1ccco1. The molecule has 106 valence electrons. The average molecular weight is 299 g/mol. The molecule has 1 heterocycles. The van der Waals surface area contributed by atoms with Gasteiger partial charge in [-0.05, 0) is 29.3 Å². The van der Waals surface area contributed by atoms with Gasteiger partial charge in [0.15, 0.2) is 0 Å². The van der Waals surface area contributed by atoms with Crippen LogP contribution in [0.15, 0.2) is 77.4 Å². The minimum absolute atomic E-state index is 0.238. The van der Waals surface area contributed by atoms with Crippen LogP contribution in [0, 0.1) is 0 Å². The molecule has 21 heavy (non-hydrogen) atoms. The monoisotopic (exact) mass is 298 g/mol. The number of rotatable bonds is 5. The highest BCUT2D eigenvalue weighted by Crippen LogP contribution is 2.28. The number of hydrogen-bond acceptors (Lipinski definition) is 2. The van der Waals surface area contributed by atoms with E-state index in [4.69, 9.17) is 20.8 Å². The molecule has 0 amide bonds. The van der Waals surface area contributed by atoms with E-state index < -0.39 is 0 Å². The molecule has 0 bridgehead atoms. The molecule has 1 aromatic heterocycles. The molecule has 2 aromatic carbocycles. The maximum absolute atomic E-state index is 6.18. The summed E-state index contributed by atoms with van der Waals surface area (Å²) in [5.74, 6) is 0.785. The van der Waals surface area contributed by atoms with Gasteiger partial charge in [-0.25, -0.2) is 0 Å². The third kappa shape index (κ3) is 3.35. The van der Waals surface area contributed by atoms with E-state index in [2.05, 4.69) is 0 Å². The molecule has 0 saturated carbocycles. The fourth-order valence-corrected chi connectivity index (χ4v) is 2.39. The van der Waals surface area contributed by atoms with Crippen LogP contribution < -0.4 is 0 Å². The second kappa shape index (κ2) is 6.61. The first-order valence-corrected chi connectivity index (χ1v) is 7.16. The van der Waals surface area contributed by atoms with Gasteiger partial charge in [0.25, 0.3) is 0 Å². The highest BCUT2D eigenvalue weighted by atomic mass is 35.5. The standard InChI is InChI=1S/C18H15ClO2/c19-16-10-5-4-9-15(16)13-21-18(17-11-6-12-20-17)14-7-2-1-3-8-14/h1-12,18H,13H2. The summed E-state index contributed by atoms with van der Waals surface area (Å²) >= 11 is 6.18. The van der Waals surface area contributed by atoms with Crippen LogP contribution in [-0.4, -0.2) is 0 Å². The minimum Gasteiger partial charge on any atom is -0.466 e. The first-order chi connectivity index (χ1) is 10.3. The van der Waals surface area contributed by atoms with Crippen LogP contribution in [-0.2, 0) is 11.3 Å². The summed E-state index contributed by atoms with van der Waals surface area (Å²) in [5, 5.41) is 0.712. The lowest BCUT2D eigenvalue weighted by Gasteiger charge is -2.16. The van der Waals surface area contributed by atoms with Crippen molar-refractivity contribution >= 4 is 11.6 Å². The summed E-state index contributed by atoms with van der Waals surface area (Å²) in [5.41, 5.74) is 2.02. The summed E-state index contributed by atoms with van der Waals surface area (Å²) in [7, 11) is 0. The molecule has 0 spiro atoms. The van der Waals surface area contributed by atoms with Crippen molar-refractivity contribution in [3.63, 3.8) is 0 Å². The second-order valence-corrected chi connectivity index (χ2v) is 5.12. The molecule has 3 aromatic rings.